The number of azide groups is 1. The lowest BCUT2D eigenvalue weighted by molar-refractivity contribution is 0.0695. The van der Waals surface area contributed by atoms with Gasteiger partial charge in [-0.15, -0.1) is 0 Å². The van der Waals surface area contributed by atoms with Crippen LogP contribution in [0, 0.1) is 0 Å². The number of pyridine rings is 1. The quantitative estimate of drug-likeness (QED) is 0.380. The zero-order valence-electron chi connectivity index (χ0n) is 11.0. The number of carboxylic acids is 1. The van der Waals surface area contributed by atoms with Gasteiger partial charge in [-0.3, -0.25) is 4.79 Å². The van der Waals surface area contributed by atoms with Crippen molar-refractivity contribution in [1.29, 1.82) is 0 Å². The molecule has 7 nitrogen and oxygen atoms in total. The smallest absolute Gasteiger partial charge is 0.341 e. The fourth-order valence-corrected chi connectivity index (χ4v) is 1.90. The Hall–Kier alpha value is -3.05. The minimum atomic E-state index is -1.25. The number of hydrogen-bond acceptors (Lipinski definition) is 3. The number of benzene rings is 1. The number of fused-ring (bicyclic) bond motifs is 1. The van der Waals surface area contributed by atoms with Gasteiger partial charge in [-0.2, -0.15) is 0 Å². The highest BCUT2D eigenvalue weighted by Gasteiger charge is 2.10. The zero-order valence-corrected chi connectivity index (χ0v) is 11.0. The van der Waals surface area contributed by atoms with Gasteiger partial charge in [0.2, 0.25) is 5.43 Å². The molecule has 1 heterocycles. The summed E-state index contributed by atoms with van der Waals surface area (Å²) < 4.78 is 0. The second-order valence-corrected chi connectivity index (χ2v) is 4.29. The second kappa shape index (κ2) is 6.40. The van der Waals surface area contributed by atoms with E-state index in [1.54, 1.807) is 18.2 Å². The van der Waals surface area contributed by atoms with E-state index in [0.717, 1.165) is 5.56 Å². The monoisotopic (exact) mass is 284 g/mol. The number of aromatic amines is 1. The lowest BCUT2D eigenvalue weighted by Gasteiger charge is -2.01. The average molecular weight is 284 g/mol. The predicted octanol–water partition coefficient (Wildman–Crippen LogP) is 2.94. The SMILES string of the molecule is [N-]=[N+]=NCCC=Cc1ccc2c(=O)c(C(=O)O)c[nH]c2c1. The van der Waals surface area contributed by atoms with Crippen LogP contribution in [0.2, 0.25) is 0 Å². The molecular formula is C14H12N4O3. The summed E-state index contributed by atoms with van der Waals surface area (Å²) in [6.45, 7) is 0.388. The van der Waals surface area contributed by atoms with Crippen molar-refractivity contribution in [2.45, 2.75) is 6.42 Å². The highest BCUT2D eigenvalue weighted by Crippen LogP contribution is 2.13. The number of aromatic nitrogens is 1. The normalized spacial score (nSPS) is 10.7. The first-order valence-corrected chi connectivity index (χ1v) is 6.19. The molecule has 2 rings (SSSR count). The number of carboxylic acid groups (broad SMARTS) is 1. The first-order chi connectivity index (χ1) is 10.1. The largest absolute Gasteiger partial charge is 0.477 e. The van der Waals surface area contributed by atoms with Gasteiger partial charge in [0.05, 0.1) is 0 Å². The molecule has 2 aromatic rings. The van der Waals surface area contributed by atoms with Crippen molar-refractivity contribution in [1.82, 2.24) is 4.98 Å². The Morgan fingerprint density at radius 3 is 3.00 bits per heavy atom. The molecule has 7 heteroatoms. The molecule has 0 atom stereocenters. The first kappa shape index (κ1) is 14.4. The van der Waals surface area contributed by atoms with Crippen molar-refractivity contribution in [3.05, 3.63) is 62.3 Å². The third-order valence-corrected chi connectivity index (χ3v) is 2.90. The molecule has 106 valence electrons. The number of nitrogens with one attached hydrogen (secondary N) is 1. The molecule has 0 aliphatic heterocycles. The van der Waals surface area contributed by atoms with Crippen LogP contribution in [0.3, 0.4) is 0 Å². The zero-order chi connectivity index (χ0) is 15.2. The molecule has 0 fully saturated rings. The third kappa shape index (κ3) is 3.29. The maximum atomic E-state index is 11.9. The summed E-state index contributed by atoms with van der Waals surface area (Å²) in [6, 6.07) is 5.08. The van der Waals surface area contributed by atoms with E-state index in [1.807, 2.05) is 12.2 Å². The molecule has 0 radical (unpaired) electrons. The van der Waals surface area contributed by atoms with Crippen molar-refractivity contribution in [2.75, 3.05) is 6.54 Å². The van der Waals surface area contributed by atoms with Gasteiger partial charge < -0.3 is 10.1 Å². The van der Waals surface area contributed by atoms with Crippen molar-refractivity contribution < 1.29 is 9.90 Å². The Bertz CT molecular complexity index is 817. The highest BCUT2D eigenvalue weighted by atomic mass is 16.4. The third-order valence-electron chi connectivity index (χ3n) is 2.90. The van der Waals surface area contributed by atoms with Gasteiger partial charge in [-0.1, -0.05) is 23.3 Å². The standard InChI is InChI=1S/C14H12N4O3/c15-18-17-6-2-1-3-9-4-5-10-12(7-9)16-8-11(13(10)19)14(20)21/h1,3-5,7-8H,2,6H2,(H,16,19)(H,20,21). The van der Waals surface area contributed by atoms with E-state index in [-0.39, 0.29) is 5.56 Å². The molecule has 0 aliphatic rings. The maximum absolute atomic E-state index is 11.9. The first-order valence-electron chi connectivity index (χ1n) is 6.19. The summed E-state index contributed by atoms with van der Waals surface area (Å²) in [7, 11) is 0. The summed E-state index contributed by atoms with van der Waals surface area (Å²) in [6.07, 6.45) is 5.52. The Morgan fingerprint density at radius 1 is 1.48 bits per heavy atom. The molecule has 0 saturated heterocycles. The van der Waals surface area contributed by atoms with Gasteiger partial charge in [0, 0.05) is 28.6 Å². The lowest BCUT2D eigenvalue weighted by atomic mass is 10.1. The van der Waals surface area contributed by atoms with E-state index in [0.29, 0.717) is 23.9 Å². The van der Waals surface area contributed by atoms with Crippen LogP contribution in [-0.4, -0.2) is 22.6 Å². The summed E-state index contributed by atoms with van der Waals surface area (Å²) in [5.74, 6) is -1.25. The number of rotatable bonds is 5. The second-order valence-electron chi connectivity index (χ2n) is 4.29. The number of hydrogen-bond donors (Lipinski definition) is 2. The number of aromatic carboxylic acids is 1. The van der Waals surface area contributed by atoms with Crippen LogP contribution in [0.4, 0.5) is 0 Å². The van der Waals surface area contributed by atoms with Crippen LogP contribution in [0.1, 0.15) is 22.3 Å². The van der Waals surface area contributed by atoms with Gasteiger partial charge >= 0.3 is 5.97 Å². The molecule has 0 unspecified atom stereocenters. The van der Waals surface area contributed by atoms with Crippen molar-refractivity contribution in [3.8, 4) is 0 Å². The molecule has 0 saturated carbocycles. The van der Waals surface area contributed by atoms with E-state index in [4.69, 9.17) is 10.6 Å². The van der Waals surface area contributed by atoms with Gasteiger partial charge in [0.25, 0.3) is 0 Å². The highest BCUT2D eigenvalue weighted by molar-refractivity contribution is 5.92. The topological polar surface area (TPSA) is 119 Å². The minimum Gasteiger partial charge on any atom is -0.477 e. The molecule has 0 bridgehead atoms. The number of H-pyrrole nitrogens is 1. The van der Waals surface area contributed by atoms with E-state index in [2.05, 4.69) is 15.0 Å². The molecule has 1 aromatic carbocycles. The van der Waals surface area contributed by atoms with Crippen LogP contribution in [0.25, 0.3) is 27.4 Å². The van der Waals surface area contributed by atoms with E-state index >= 15 is 0 Å². The molecule has 1 aromatic heterocycles. The Balaban J connectivity index is 2.31. The molecular weight excluding hydrogens is 272 g/mol. The summed E-state index contributed by atoms with van der Waals surface area (Å²) in [4.78, 5) is 28.3. The van der Waals surface area contributed by atoms with Crippen molar-refractivity contribution in [3.63, 3.8) is 0 Å². The van der Waals surface area contributed by atoms with Crippen LogP contribution in [0.15, 0.2) is 40.4 Å². The van der Waals surface area contributed by atoms with E-state index in [1.165, 1.54) is 6.20 Å². The molecule has 21 heavy (non-hydrogen) atoms. The van der Waals surface area contributed by atoms with E-state index in [9.17, 15) is 9.59 Å². The fraction of sp³-hybridized carbons (Fsp3) is 0.143. The summed E-state index contributed by atoms with van der Waals surface area (Å²) in [5, 5.41) is 12.7. The maximum Gasteiger partial charge on any atom is 0.341 e. The number of carbonyl (C=O) groups is 1. The molecule has 0 amide bonds. The average Bonchev–Trinajstić information content (AvgIpc) is 2.47. The Morgan fingerprint density at radius 2 is 2.29 bits per heavy atom. The Labute approximate surface area is 119 Å². The minimum absolute atomic E-state index is 0.278. The molecule has 0 aliphatic carbocycles. The molecule has 2 N–H and O–H groups in total. The fourth-order valence-electron chi connectivity index (χ4n) is 1.90. The van der Waals surface area contributed by atoms with Crippen LogP contribution >= 0.6 is 0 Å². The molecule has 0 spiro atoms. The van der Waals surface area contributed by atoms with Gasteiger partial charge in [0.15, 0.2) is 0 Å². The van der Waals surface area contributed by atoms with Crippen molar-refractivity contribution in [2.24, 2.45) is 5.11 Å². The van der Waals surface area contributed by atoms with Gasteiger partial charge in [0.1, 0.15) is 5.56 Å². The van der Waals surface area contributed by atoms with Crippen LogP contribution in [-0.2, 0) is 0 Å². The van der Waals surface area contributed by atoms with Crippen LogP contribution in [0.5, 0.6) is 0 Å². The number of nitrogens with zero attached hydrogens (tertiary/aromatic N) is 3. The van der Waals surface area contributed by atoms with Gasteiger partial charge in [-0.25, -0.2) is 4.79 Å². The van der Waals surface area contributed by atoms with Crippen LogP contribution < -0.4 is 5.43 Å². The van der Waals surface area contributed by atoms with Gasteiger partial charge in [-0.05, 0) is 29.6 Å². The van der Waals surface area contributed by atoms with Crippen molar-refractivity contribution >= 4 is 22.9 Å². The summed E-state index contributed by atoms with van der Waals surface area (Å²) >= 11 is 0. The lowest BCUT2D eigenvalue weighted by Crippen LogP contribution is -2.15. The summed E-state index contributed by atoms with van der Waals surface area (Å²) in [5.41, 5.74) is 8.80. The predicted molar refractivity (Wildman–Crippen MR) is 79.2 cm³/mol. The Kier molecular flexibility index (Phi) is 4.38. The van der Waals surface area contributed by atoms with E-state index < -0.39 is 11.4 Å².